The van der Waals surface area contributed by atoms with Crippen LogP contribution in [0.15, 0.2) is 18.3 Å². The molecule has 2 rings (SSSR count). The molecule has 1 aliphatic heterocycles. The van der Waals surface area contributed by atoms with E-state index in [1.807, 2.05) is 39.0 Å². The Labute approximate surface area is 90.7 Å². The minimum atomic E-state index is 0.609. The number of allylic oxidation sites excluding steroid dienone is 1. The molecule has 0 aromatic carbocycles. The molecule has 1 aromatic rings. The first kappa shape index (κ1) is 11.6. The highest BCUT2D eigenvalue weighted by Gasteiger charge is 2.11. The van der Waals surface area contributed by atoms with Gasteiger partial charge in [0.15, 0.2) is 11.5 Å². The van der Waals surface area contributed by atoms with Crippen molar-refractivity contribution in [2.24, 2.45) is 0 Å². The Morgan fingerprint density at radius 3 is 2.53 bits per heavy atom. The van der Waals surface area contributed by atoms with Crippen molar-refractivity contribution in [2.45, 2.75) is 20.8 Å². The second kappa shape index (κ2) is 6.06. The van der Waals surface area contributed by atoms with Crippen molar-refractivity contribution >= 4 is 6.08 Å². The van der Waals surface area contributed by atoms with Crippen LogP contribution in [0.4, 0.5) is 0 Å². The van der Waals surface area contributed by atoms with Crippen LogP contribution in [-0.2, 0) is 0 Å². The molecule has 0 aliphatic carbocycles. The van der Waals surface area contributed by atoms with Crippen molar-refractivity contribution in [3.05, 3.63) is 24.0 Å². The van der Waals surface area contributed by atoms with Gasteiger partial charge in [-0.25, -0.2) is 0 Å². The summed E-state index contributed by atoms with van der Waals surface area (Å²) >= 11 is 0. The van der Waals surface area contributed by atoms with Gasteiger partial charge in [-0.2, -0.15) is 0 Å². The molecule has 2 heterocycles. The van der Waals surface area contributed by atoms with E-state index in [0.29, 0.717) is 13.2 Å². The maximum absolute atomic E-state index is 5.41. The monoisotopic (exact) mass is 207 g/mol. The molecular formula is C12H17NO2. The third-order valence-corrected chi connectivity index (χ3v) is 1.79. The molecule has 0 radical (unpaired) electrons. The Bertz CT molecular complexity index is 334. The minimum Gasteiger partial charge on any atom is -0.486 e. The molecule has 0 saturated carbocycles. The Morgan fingerprint density at radius 1 is 1.20 bits per heavy atom. The standard InChI is InChI=1S/C10H11NO2.C2H6/c1-2-3-8-6-9-10(7-11-8)13-5-4-12-9;1-2/h2-3,6-7H,4-5H2,1H3;1-2H3/b3-2+;. The summed E-state index contributed by atoms with van der Waals surface area (Å²) in [7, 11) is 0. The summed E-state index contributed by atoms with van der Waals surface area (Å²) in [5.41, 5.74) is 0.895. The van der Waals surface area contributed by atoms with Crippen LogP contribution in [0.2, 0.25) is 0 Å². The van der Waals surface area contributed by atoms with E-state index in [1.54, 1.807) is 6.20 Å². The molecule has 0 atom stereocenters. The first-order valence-electron chi connectivity index (χ1n) is 5.28. The number of hydrogen-bond acceptors (Lipinski definition) is 3. The van der Waals surface area contributed by atoms with Crippen LogP contribution in [0, 0.1) is 0 Å². The van der Waals surface area contributed by atoms with Crippen LogP contribution in [0.5, 0.6) is 11.5 Å². The van der Waals surface area contributed by atoms with E-state index in [2.05, 4.69) is 4.98 Å². The molecule has 3 heteroatoms. The van der Waals surface area contributed by atoms with Gasteiger partial charge in [0, 0.05) is 6.07 Å². The van der Waals surface area contributed by atoms with Crippen molar-refractivity contribution in [3.8, 4) is 11.5 Å². The Balaban J connectivity index is 0.000000531. The number of fused-ring (bicyclic) bond motifs is 1. The third kappa shape index (κ3) is 2.98. The second-order valence-corrected chi connectivity index (χ2v) is 2.75. The predicted octanol–water partition coefficient (Wildman–Crippen LogP) is 2.91. The average Bonchev–Trinajstić information content (AvgIpc) is 2.32. The summed E-state index contributed by atoms with van der Waals surface area (Å²) in [6.45, 7) is 7.18. The van der Waals surface area contributed by atoms with Crippen molar-refractivity contribution in [2.75, 3.05) is 13.2 Å². The smallest absolute Gasteiger partial charge is 0.179 e. The molecule has 0 unspecified atom stereocenters. The van der Waals surface area contributed by atoms with Crippen LogP contribution in [0.1, 0.15) is 26.5 Å². The summed E-state index contributed by atoms with van der Waals surface area (Å²) in [5, 5.41) is 0. The fourth-order valence-electron chi connectivity index (χ4n) is 1.23. The summed E-state index contributed by atoms with van der Waals surface area (Å²) in [6.07, 6.45) is 5.57. The molecule has 0 N–H and O–H groups in total. The molecule has 0 saturated heterocycles. The van der Waals surface area contributed by atoms with Gasteiger partial charge in [0.25, 0.3) is 0 Å². The van der Waals surface area contributed by atoms with E-state index in [1.165, 1.54) is 0 Å². The molecule has 15 heavy (non-hydrogen) atoms. The molecular weight excluding hydrogens is 190 g/mol. The number of hydrogen-bond donors (Lipinski definition) is 0. The van der Waals surface area contributed by atoms with Crippen LogP contribution < -0.4 is 9.47 Å². The van der Waals surface area contributed by atoms with E-state index in [9.17, 15) is 0 Å². The lowest BCUT2D eigenvalue weighted by atomic mass is 10.3. The molecule has 82 valence electrons. The van der Waals surface area contributed by atoms with E-state index in [0.717, 1.165) is 17.2 Å². The van der Waals surface area contributed by atoms with Gasteiger partial charge in [0.1, 0.15) is 13.2 Å². The number of rotatable bonds is 1. The summed E-state index contributed by atoms with van der Waals surface area (Å²) in [6, 6.07) is 1.88. The van der Waals surface area contributed by atoms with E-state index < -0.39 is 0 Å². The zero-order chi connectivity index (χ0) is 11.1. The maximum atomic E-state index is 5.41. The van der Waals surface area contributed by atoms with Gasteiger partial charge in [-0.15, -0.1) is 0 Å². The van der Waals surface area contributed by atoms with E-state index in [-0.39, 0.29) is 0 Å². The fourth-order valence-corrected chi connectivity index (χ4v) is 1.23. The lowest BCUT2D eigenvalue weighted by Gasteiger charge is -2.17. The van der Waals surface area contributed by atoms with Crippen molar-refractivity contribution in [3.63, 3.8) is 0 Å². The lowest BCUT2D eigenvalue weighted by molar-refractivity contribution is 0.170. The van der Waals surface area contributed by atoms with Gasteiger partial charge >= 0.3 is 0 Å². The van der Waals surface area contributed by atoms with Gasteiger partial charge in [0.2, 0.25) is 0 Å². The zero-order valence-corrected chi connectivity index (χ0v) is 9.49. The van der Waals surface area contributed by atoms with Gasteiger partial charge in [-0.1, -0.05) is 19.9 Å². The van der Waals surface area contributed by atoms with Gasteiger partial charge in [0.05, 0.1) is 11.9 Å². The zero-order valence-electron chi connectivity index (χ0n) is 9.49. The van der Waals surface area contributed by atoms with Crippen LogP contribution in [0.3, 0.4) is 0 Å². The van der Waals surface area contributed by atoms with Crippen LogP contribution in [-0.4, -0.2) is 18.2 Å². The maximum Gasteiger partial charge on any atom is 0.179 e. The Morgan fingerprint density at radius 2 is 1.87 bits per heavy atom. The highest BCUT2D eigenvalue weighted by molar-refractivity contribution is 5.51. The molecule has 0 bridgehead atoms. The summed E-state index contributed by atoms with van der Waals surface area (Å²) in [4.78, 5) is 4.19. The number of aromatic nitrogens is 1. The molecule has 0 amide bonds. The first-order valence-corrected chi connectivity index (χ1v) is 5.28. The van der Waals surface area contributed by atoms with Crippen molar-refractivity contribution < 1.29 is 9.47 Å². The van der Waals surface area contributed by atoms with Crippen LogP contribution in [0.25, 0.3) is 6.08 Å². The normalized spacial score (nSPS) is 13.3. The molecule has 0 spiro atoms. The molecule has 3 nitrogen and oxygen atoms in total. The molecule has 1 aliphatic rings. The Kier molecular flexibility index (Phi) is 4.68. The van der Waals surface area contributed by atoms with Crippen LogP contribution >= 0.6 is 0 Å². The highest BCUT2D eigenvalue weighted by Crippen LogP contribution is 2.29. The topological polar surface area (TPSA) is 31.4 Å². The largest absolute Gasteiger partial charge is 0.486 e. The minimum absolute atomic E-state index is 0.609. The predicted molar refractivity (Wildman–Crippen MR) is 61.3 cm³/mol. The fraction of sp³-hybridized carbons (Fsp3) is 0.417. The Hall–Kier alpha value is -1.51. The van der Waals surface area contributed by atoms with Crippen molar-refractivity contribution in [1.82, 2.24) is 4.98 Å². The average molecular weight is 207 g/mol. The van der Waals surface area contributed by atoms with Gasteiger partial charge in [-0.3, -0.25) is 4.98 Å². The third-order valence-electron chi connectivity index (χ3n) is 1.79. The summed E-state index contributed by atoms with van der Waals surface area (Å²) in [5.74, 6) is 1.52. The molecule has 0 fully saturated rings. The van der Waals surface area contributed by atoms with E-state index in [4.69, 9.17) is 9.47 Å². The lowest BCUT2D eigenvalue weighted by Crippen LogP contribution is -2.15. The number of nitrogens with zero attached hydrogens (tertiary/aromatic N) is 1. The highest BCUT2D eigenvalue weighted by atomic mass is 16.6. The summed E-state index contributed by atoms with van der Waals surface area (Å²) < 4.78 is 10.8. The first-order chi connectivity index (χ1) is 7.40. The van der Waals surface area contributed by atoms with Gasteiger partial charge < -0.3 is 9.47 Å². The van der Waals surface area contributed by atoms with Gasteiger partial charge in [-0.05, 0) is 13.0 Å². The van der Waals surface area contributed by atoms with E-state index >= 15 is 0 Å². The quantitative estimate of drug-likeness (QED) is 0.709. The SMILES string of the molecule is C/C=C/c1cc2c(cn1)OCCO2.CC. The number of ether oxygens (including phenoxy) is 2. The second-order valence-electron chi connectivity index (χ2n) is 2.75. The number of pyridine rings is 1. The molecule has 1 aromatic heterocycles. The van der Waals surface area contributed by atoms with Crippen molar-refractivity contribution in [1.29, 1.82) is 0 Å².